The molecule has 0 bridgehead atoms. The molecule has 5 nitrogen and oxygen atoms in total. The molecule has 27 heavy (non-hydrogen) atoms. The molecule has 0 fully saturated rings. The number of alkyl halides is 3. The maximum atomic E-state index is 12.8. The Kier molecular flexibility index (Phi) is 6.16. The molecule has 0 aliphatic carbocycles. The van der Waals surface area contributed by atoms with E-state index in [1.807, 2.05) is 19.9 Å². The molecule has 0 amide bonds. The predicted octanol–water partition coefficient (Wildman–Crippen LogP) is 3.73. The van der Waals surface area contributed by atoms with Gasteiger partial charge in [-0.25, -0.2) is 18.1 Å². The van der Waals surface area contributed by atoms with E-state index in [0.717, 1.165) is 11.1 Å². The minimum atomic E-state index is -4.51. The standard InChI is InChI=1S/C18H21F3N2O3S/c1-11-8-12(2)14(4)16(13(11)3)27(24,25)23-9-15-6-5-7-22-17(15)26-10-18(19,20)21/h5-8,23H,9-10H2,1-4H3. The molecule has 0 saturated carbocycles. The first-order valence-corrected chi connectivity index (χ1v) is 9.61. The lowest BCUT2D eigenvalue weighted by Crippen LogP contribution is -2.26. The van der Waals surface area contributed by atoms with E-state index in [1.165, 1.54) is 18.3 Å². The van der Waals surface area contributed by atoms with Gasteiger partial charge in [-0.15, -0.1) is 0 Å². The molecule has 0 radical (unpaired) electrons. The second kappa shape index (κ2) is 7.85. The molecule has 0 aliphatic rings. The lowest BCUT2D eigenvalue weighted by Gasteiger charge is -2.17. The van der Waals surface area contributed by atoms with E-state index in [2.05, 4.69) is 14.4 Å². The van der Waals surface area contributed by atoms with Crippen molar-refractivity contribution in [3.8, 4) is 5.88 Å². The summed E-state index contributed by atoms with van der Waals surface area (Å²) in [5.74, 6) is -0.258. The molecule has 1 aromatic heterocycles. The molecule has 0 unspecified atom stereocenters. The van der Waals surface area contributed by atoms with Gasteiger partial charge in [0.1, 0.15) is 0 Å². The van der Waals surface area contributed by atoms with Gasteiger partial charge in [0.25, 0.3) is 0 Å². The largest absolute Gasteiger partial charge is 0.468 e. The highest BCUT2D eigenvalue weighted by Gasteiger charge is 2.29. The Morgan fingerprint density at radius 1 is 1.11 bits per heavy atom. The summed E-state index contributed by atoms with van der Waals surface area (Å²) in [7, 11) is -3.88. The van der Waals surface area contributed by atoms with Gasteiger partial charge in [-0.2, -0.15) is 13.2 Å². The molecule has 1 N–H and O–H groups in total. The number of rotatable bonds is 6. The van der Waals surface area contributed by atoms with Gasteiger partial charge in [0.15, 0.2) is 6.61 Å². The number of hydrogen-bond acceptors (Lipinski definition) is 4. The summed E-state index contributed by atoms with van der Waals surface area (Å²) < 4.78 is 69.9. The zero-order valence-corrected chi connectivity index (χ0v) is 16.3. The Morgan fingerprint density at radius 2 is 1.70 bits per heavy atom. The van der Waals surface area contributed by atoms with Crippen LogP contribution in [0.3, 0.4) is 0 Å². The molecule has 0 saturated heterocycles. The van der Waals surface area contributed by atoms with Crippen LogP contribution in [0, 0.1) is 27.7 Å². The third-order valence-electron chi connectivity index (χ3n) is 4.24. The molecular weight excluding hydrogens is 381 g/mol. The number of halogens is 3. The maximum Gasteiger partial charge on any atom is 0.422 e. The number of ether oxygens (including phenoxy) is 1. The highest BCUT2D eigenvalue weighted by molar-refractivity contribution is 7.89. The highest BCUT2D eigenvalue weighted by Crippen LogP contribution is 2.26. The van der Waals surface area contributed by atoms with Crippen LogP contribution in [0.15, 0.2) is 29.3 Å². The molecule has 148 valence electrons. The normalized spacial score (nSPS) is 12.3. The van der Waals surface area contributed by atoms with Crippen molar-refractivity contribution in [2.24, 2.45) is 0 Å². The first-order chi connectivity index (χ1) is 12.4. The van der Waals surface area contributed by atoms with Crippen LogP contribution in [0.4, 0.5) is 13.2 Å². The minimum absolute atomic E-state index is 0.182. The minimum Gasteiger partial charge on any atom is -0.468 e. The van der Waals surface area contributed by atoms with Crippen LogP contribution in [-0.2, 0) is 16.6 Å². The molecule has 2 rings (SSSR count). The lowest BCUT2D eigenvalue weighted by molar-refractivity contribution is -0.154. The summed E-state index contributed by atoms with van der Waals surface area (Å²) in [6.07, 6.45) is -3.23. The molecule has 0 atom stereocenters. The number of nitrogens with one attached hydrogen (secondary N) is 1. The quantitative estimate of drug-likeness (QED) is 0.799. The number of benzene rings is 1. The highest BCUT2D eigenvalue weighted by atomic mass is 32.2. The summed E-state index contributed by atoms with van der Waals surface area (Å²) in [5.41, 5.74) is 3.16. The summed E-state index contributed by atoms with van der Waals surface area (Å²) in [6, 6.07) is 4.87. The van der Waals surface area contributed by atoms with E-state index < -0.39 is 22.8 Å². The van der Waals surface area contributed by atoms with Crippen molar-refractivity contribution in [3.63, 3.8) is 0 Å². The SMILES string of the molecule is Cc1cc(C)c(C)c(S(=O)(=O)NCc2cccnc2OCC(F)(F)F)c1C. The van der Waals surface area contributed by atoms with Gasteiger partial charge < -0.3 is 4.74 Å². The van der Waals surface area contributed by atoms with Gasteiger partial charge in [-0.05, 0) is 56.0 Å². The van der Waals surface area contributed by atoms with Gasteiger partial charge in [0.2, 0.25) is 15.9 Å². The van der Waals surface area contributed by atoms with Gasteiger partial charge in [0.05, 0.1) is 4.90 Å². The van der Waals surface area contributed by atoms with Crippen molar-refractivity contribution in [3.05, 3.63) is 52.2 Å². The average Bonchev–Trinajstić information content (AvgIpc) is 2.56. The Hall–Kier alpha value is -2.13. The number of aryl methyl sites for hydroxylation is 2. The second-order valence-electron chi connectivity index (χ2n) is 6.29. The Morgan fingerprint density at radius 3 is 2.26 bits per heavy atom. The fourth-order valence-electron chi connectivity index (χ4n) is 2.67. The van der Waals surface area contributed by atoms with Crippen LogP contribution in [0.2, 0.25) is 0 Å². The fraction of sp³-hybridized carbons (Fsp3) is 0.389. The second-order valence-corrected chi connectivity index (χ2v) is 7.99. The third kappa shape index (κ3) is 5.20. The Labute approximate surface area is 156 Å². The number of aromatic nitrogens is 1. The number of pyridine rings is 1. The van der Waals surface area contributed by atoms with E-state index >= 15 is 0 Å². The van der Waals surface area contributed by atoms with Gasteiger partial charge in [0, 0.05) is 18.3 Å². The molecule has 1 heterocycles. The monoisotopic (exact) mass is 402 g/mol. The zero-order valence-electron chi connectivity index (χ0n) is 15.4. The van der Waals surface area contributed by atoms with E-state index in [-0.39, 0.29) is 22.9 Å². The van der Waals surface area contributed by atoms with Crippen molar-refractivity contribution < 1.29 is 26.3 Å². The predicted molar refractivity (Wildman–Crippen MR) is 95.2 cm³/mol. The molecule has 0 aliphatic heterocycles. The first-order valence-electron chi connectivity index (χ1n) is 8.13. The van der Waals surface area contributed by atoms with E-state index in [0.29, 0.717) is 11.1 Å². The number of nitrogens with zero attached hydrogens (tertiary/aromatic N) is 1. The smallest absolute Gasteiger partial charge is 0.422 e. The van der Waals surface area contributed by atoms with E-state index in [9.17, 15) is 21.6 Å². The van der Waals surface area contributed by atoms with E-state index in [4.69, 9.17) is 0 Å². The van der Waals surface area contributed by atoms with Crippen LogP contribution in [0.5, 0.6) is 5.88 Å². The number of hydrogen-bond donors (Lipinski definition) is 1. The van der Waals surface area contributed by atoms with Crippen LogP contribution in [0.25, 0.3) is 0 Å². The van der Waals surface area contributed by atoms with Crippen molar-refractivity contribution in [1.82, 2.24) is 9.71 Å². The van der Waals surface area contributed by atoms with Crippen molar-refractivity contribution in [1.29, 1.82) is 0 Å². The van der Waals surface area contributed by atoms with Crippen molar-refractivity contribution in [2.75, 3.05) is 6.61 Å². The van der Waals surface area contributed by atoms with Crippen LogP contribution in [0.1, 0.15) is 27.8 Å². The van der Waals surface area contributed by atoms with E-state index in [1.54, 1.807) is 13.8 Å². The topological polar surface area (TPSA) is 68.3 Å². The van der Waals surface area contributed by atoms with Crippen molar-refractivity contribution >= 4 is 10.0 Å². The summed E-state index contributed by atoms with van der Waals surface area (Å²) in [5, 5.41) is 0. The fourth-order valence-corrected chi connectivity index (χ4v) is 4.29. The van der Waals surface area contributed by atoms with Crippen LogP contribution in [-0.4, -0.2) is 26.2 Å². The molecule has 1 aromatic carbocycles. The van der Waals surface area contributed by atoms with Crippen molar-refractivity contribution in [2.45, 2.75) is 45.3 Å². The Bertz CT molecular complexity index is 915. The van der Waals surface area contributed by atoms with Crippen LogP contribution >= 0.6 is 0 Å². The summed E-state index contributed by atoms with van der Waals surface area (Å²) in [4.78, 5) is 3.94. The lowest BCUT2D eigenvalue weighted by atomic mass is 10.0. The van der Waals surface area contributed by atoms with Crippen LogP contribution < -0.4 is 9.46 Å². The van der Waals surface area contributed by atoms with Gasteiger partial charge in [-0.1, -0.05) is 12.1 Å². The molecule has 9 heteroatoms. The molecule has 2 aromatic rings. The summed E-state index contributed by atoms with van der Waals surface area (Å²) >= 11 is 0. The zero-order chi connectivity index (χ0) is 20.4. The maximum absolute atomic E-state index is 12.8. The Balaban J connectivity index is 2.27. The number of sulfonamides is 1. The summed E-state index contributed by atoms with van der Waals surface area (Å²) in [6.45, 7) is 5.35. The molecule has 0 spiro atoms. The average molecular weight is 402 g/mol. The first kappa shape index (κ1) is 21.2. The molecular formula is C18H21F3N2O3S. The van der Waals surface area contributed by atoms with Gasteiger partial charge in [-0.3, -0.25) is 0 Å². The third-order valence-corrected chi connectivity index (χ3v) is 5.92. The van der Waals surface area contributed by atoms with Gasteiger partial charge >= 0.3 is 6.18 Å².